The lowest BCUT2D eigenvalue weighted by Crippen LogP contribution is -2.37. The van der Waals surface area contributed by atoms with Gasteiger partial charge in [0.1, 0.15) is 18.2 Å². The van der Waals surface area contributed by atoms with Gasteiger partial charge in [-0.05, 0) is 18.9 Å². The zero-order chi connectivity index (χ0) is 13.7. The molecule has 0 radical (unpaired) electrons. The fourth-order valence-corrected chi connectivity index (χ4v) is 1.77. The van der Waals surface area contributed by atoms with Crippen LogP contribution in [0.4, 0.5) is 10.6 Å². The number of hydrogen-bond acceptors (Lipinski definition) is 4. The van der Waals surface area contributed by atoms with Gasteiger partial charge in [-0.3, -0.25) is 4.90 Å². The Morgan fingerprint density at radius 3 is 2.72 bits per heavy atom. The van der Waals surface area contributed by atoms with E-state index in [0.29, 0.717) is 24.2 Å². The molecule has 1 amide bonds. The normalized spacial score (nSPS) is 18.4. The van der Waals surface area contributed by atoms with E-state index in [1.54, 1.807) is 24.1 Å². The van der Waals surface area contributed by atoms with Crippen molar-refractivity contribution in [1.82, 2.24) is 9.97 Å². The topological polar surface area (TPSA) is 55.3 Å². The Labute approximate surface area is 110 Å². The van der Waals surface area contributed by atoms with E-state index in [1.807, 2.05) is 13.8 Å². The molecule has 1 aromatic heterocycles. The minimum Gasteiger partial charge on any atom is -0.447 e. The monoisotopic (exact) mass is 253 g/mol. The summed E-state index contributed by atoms with van der Waals surface area (Å²) in [5.41, 5.74) is 0. The summed E-state index contributed by atoms with van der Waals surface area (Å²) in [5, 5.41) is 0. The maximum atomic E-state index is 11.6. The van der Waals surface area contributed by atoms with Crippen LogP contribution in [0.1, 0.15) is 34.9 Å². The van der Waals surface area contributed by atoms with Gasteiger partial charge in [-0.1, -0.05) is 27.7 Å². The van der Waals surface area contributed by atoms with Gasteiger partial charge in [0.05, 0.1) is 6.04 Å². The number of rotatable bonds is 2. The van der Waals surface area contributed by atoms with Crippen LogP contribution in [0.3, 0.4) is 0 Å². The van der Waals surface area contributed by atoms with Crippen LogP contribution >= 0.6 is 0 Å². The highest BCUT2D eigenvalue weighted by Gasteiger charge is 2.36. The van der Waals surface area contributed by atoms with Gasteiger partial charge in [0, 0.05) is 7.62 Å². The number of carbonyl (C=O) groups is 1. The van der Waals surface area contributed by atoms with E-state index in [9.17, 15) is 4.79 Å². The second-order valence-corrected chi connectivity index (χ2v) is 4.22. The van der Waals surface area contributed by atoms with Crippen molar-refractivity contribution >= 4 is 11.9 Å². The number of ether oxygens (including phenoxy) is 1. The molecule has 5 nitrogen and oxygen atoms in total. The Balaban J connectivity index is 0.00000103. The zero-order valence-corrected chi connectivity index (χ0v) is 11.7. The molecule has 2 rings (SSSR count). The van der Waals surface area contributed by atoms with Crippen LogP contribution in [0.2, 0.25) is 0 Å². The van der Waals surface area contributed by atoms with E-state index in [0.717, 1.165) is 0 Å². The van der Waals surface area contributed by atoms with E-state index in [1.165, 1.54) is 0 Å². The highest BCUT2D eigenvalue weighted by Crippen LogP contribution is 2.24. The van der Waals surface area contributed by atoms with Crippen LogP contribution in [-0.2, 0) is 4.74 Å². The van der Waals surface area contributed by atoms with Crippen LogP contribution in [0.5, 0.6) is 0 Å². The average Bonchev–Trinajstić information content (AvgIpc) is 2.74. The quantitative estimate of drug-likeness (QED) is 0.813. The van der Waals surface area contributed by atoms with Crippen molar-refractivity contribution in [2.24, 2.45) is 5.92 Å². The summed E-state index contributed by atoms with van der Waals surface area (Å²) in [4.78, 5) is 21.5. The summed E-state index contributed by atoms with van der Waals surface area (Å²) in [7, 11) is 0. The van der Waals surface area contributed by atoms with Crippen molar-refractivity contribution in [3.05, 3.63) is 18.1 Å². The molecule has 0 aromatic carbocycles. The molecule has 1 saturated heterocycles. The lowest BCUT2D eigenvalue weighted by molar-refractivity contribution is 0.177. The second-order valence-electron chi connectivity index (χ2n) is 4.22. The molecule has 102 valence electrons. The summed E-state index contributed by atoms with van der Waals surface area (Å²) < 4.78 is 5.06. The molecule has 1 unspecified atom stereocenters. The lowest BCUT2D eigenvalue weighted by atomic mass is 10.0. The molecule has 0 saturated carbocycles. The van der Waals surface area contributed by atoms with Crippen molar-refractivity contribution in [3.8, 4) is 0 Å². The summed E-state index contributed by atoms with van der Waals surface area (Å²) in [6.07, 6.45) is 1.33. The molecule has 0 N–H and O–H groups in total. The van der Waals surface area contributed by atoms with Crippen molar-refractivity contribution < 1.29 is 11.0 Å². The first kappa shape index (κ1) is 14.4. The lowest BCUT2D eigenvalue weighted by Gasteiger charge is -2.23. The molecule has 1 aliphatic rings. The van der Waals surface area contributed by atoms with Crippen LogP contribution in [0.15, 0.2) is 12.3 Å². The first-order valence-electron chi connectivity index (χ1n) is 6.35. The number of anilines is 1. The van der Waals surface area contributed by atoms with Gasteiger partial charge in [0.15, 0.2) is 0 Å². The molecule has 1 atom stereocenters. The molecule has 18 heavy (non-hydrogen) atoms. The highest BCUT2D eigenvalue weighted by atomic mass is 16.6. The summed E-state index contributed by atoms with van der Waals surface area (Å²) >= 11 is 0. The van der Waals surface area contributed by atoms with E-state index in [4.69, 9.17) is 4.74 Å². The third-order valence-corrected chi connectivity index (χ3v) is 2.68. The number of aryl methyl sites for hydroxylation is 1. The first-order valence-corrected chi connectivity index (χ1v) is 6.35. The predicted octanol–water partition coefficient (Wildman–Crippen LogP) is 3.04. The van der Waals surface area contributed by atoms with Gasteiger partial charge in [-0.15, -0.1) is 0 Å². The third kappa shape index (κ3) is 2.97. The Kier molecular flexibility index (Phi) is 5.07. The van der Waals surface area contributed by atoms with E-state index < -0.39 is 0 Å². The number of amides is 1. The highest BCUT2D eigenvalue weighted by molar-refractivity contribution is 5.89. The van der Waals surface area contributed by atoms with Gasteiger partial charge in [0.2, 0.25) is 0 Å². The molecule has 0 bridgehead atoms. The van der Waals surface area contributed by atoms with Gasteiger partial charge >= 0.3 is 6.09 Å². The standard InChI is InChI=1S/C11H15N3O2.C2H6.H2/c1-7(2)9-6-16-11(15)14(9)10-4-5-12-8(3)13-10;1-2;/h4-5,7,9H,6H2,1-3H3;1-2H3;1H. The van der Waals surface area contributed by atoms with Gasteiger partial charge in [0.25, 0.3) is 0 Å². The van der Waals surface area contributed by atoms with Gasteiger partial charge in [-0.2, -0.15) is 0 Å². The molecule has 0 spiro atoms. The van der Waals surface area contributed by atoms with Crippen LogP contribution in [0.25, 0.3) is 0 Å². The number of nitrogens with zero attached hydrogens (tertiary/aromatic N) is 3. The van der Waals surface area contributed by atoms with E-state index in [2.05, 4.69) is 23.8 Å². The summed E-state index contributed by atoms with van der Waals surface area (Å²) in [6, 6.07) is 1.79. The van der Waals surface area contributed by atoms with Crippen molar-refractivity contribution in [2.45, 2.75) is 40.7 Å². The molecular weight excluding hydrogens is 230 g/mol. The maximum Gasteiger partial charge on any atom is 0.415 e. The van der Waals surface area contributed by atoms with Crippen LogP contribution < -0.4 is 4.90 Å². The second kappa shape index (κ2) is 6.33. The fraction of sp³-hybridized carbons (Fsp3) is 0.615. The maximum absolute atomic E-state index is 11.6. The zero-order valence-electron chi connectivity index (χ0n) is 11.7. The molecule has 1 fully saturated rings. The van der Waals surface area contributed by atoms with Gasteiger partial charge < -0.3 is 4.74 Å². The Morgan fingerprint density at radius 2 is 2.17 bits per heavy atom. The number of carbonyl (C=O) groups excluding carboxylic acids is 1. The van der Waals surface area contributed by atoms with Crippen molar-refractivity contribution in [3.63, 3.8) is 0 Å². The molecule has 2 heterocycles. The van der Waals surface area contributed by atoms with Crippen molar-refractivity contribution in [1.29, 1.82) is 0 Å². The molecule has 0 aliphatic carbocycles. The number of aromatic nitrogens is 2. The Hall–Kier alpha value is -1.65. The fourth-order valence-electron chi connectivity index (χ4n) is 1.77. The number of hydrogen-bond donors (Lipinski definition) is 0. The molecular formula is C13H23N3O2. The SMILES string of the molecule is CC.Cc1nccc(N2C(=O)OCC2C(C)C)n1.[HH]. The van der Waals surface area contributed by atoms with Crippen molar-refractivity contribution in [2.75, 3.05) is 11.5 Å². The minimum atomic E-state index is -0.322. The summed E-state index contributed by atoms with van der Waals surface area (Å²) in [6.45, 7) is 10.4. The summed E-state index contributed by atoms with van der Waals surface area (Å²) in [5.74, 6) is 1.61. The minimum absolute atomic E-state index is 0. The average molecular weight is 253 g/mol. The van der Waals surface area contributed by atoms with Crippen LogP contribution in [0, 0.1) is 12.8 Å². The number of cyclic esters (lactones) is 1. The van der Waals surface area contributed by atoms with Crippen LogP contribution in [-0.4, -0.2) is 28.7 Å². The van der Waals surface area contributed by atoms with E-state index in [-0.39, 0.29) is 13.6 Å². The predicted molar refractivity (Wildman–Crippen MR) is 72.7 cm³/mol. The molecule has 1 aliphatic heterocycles. The smallest absolute Gasteiger partial charge is 0.415 e. The van der Waals surface area contributed by atoms with E-state index >= 15 is 0 Å². The molecule has 5 heteroatoms. The first-order chi connectivity index (χ1) is 8.59. The Bertz CT molecular complexity index is 413. The third-order valence-electron chi connectivity index (χ3n) is 2.68. The molecule has 1 aromatic rings. The largest absolute Gasteiger partial charge is 0.447 e. The van der Waals surface area contributed by atoms with Gasteiger partial charge in [-0.25, -0.2) is 14.8 Å². The Morgan fingerprint density at radius 1 is 1.50 bits per heavy atom.